The molecule has 548 valence electrons. The number of amides is 1. The summed E-state index contributed by atoms with van der Waals surface area (Å²) in [5, 5.41) is 121. The van der Waals surface area contributed by atoms with E-state index in [9.17, 15) is 61.0 Å². The van der Waals surface area contributed by atoms with Gasteiger partial charge in [0.15, 0.2) is 18.9 Å². The number of aliphatic hydroxyl groups excluding tert-OH is 11. The minimum Gasteiger partial charge on any atom is -0.394 e. The number of carbonyl (C=O) groups is 1. The van der Waals surface area contributed by atoms with E-state index in [2.05, 4.69) is 31.3 Å². The fourth-order valence-corrected chi connectivity index (χ4v) is 13.1. The Morgan fingerprint density at radius 2 is 0.677 bits per heavy atom. The summed E-state index contributed by atoms with van der Waals surface area (Å²) >= 11 is 0. The molecule has 1 amide bonds. The first-order chi connectivity index (χ1) is 45.3. The molecule has 0 aromatic rings. The third kappa shape index (κ3) is 37.3. The molecule has 17 unspecified atom stereocenters. The number of rotatable bonds is 60. The Morgan fingerprint density at radius 3 is 1.04 bits per heavy atom. The van der Waals surface area contributed by atoms with Crippen molar-refractivity contribution >= 4 is 5.91 Å². The number of carbonyl (C=O) groups excluding carboxylic acids is 1. The van der Waals surface area contributed by atoms with E-state index in [1.807, 2.05) is 6.08 Å². The normalized spacial score (nSPS) is 27.6. The molecule has 19 heteroatoms. The quantitative estimate of drug-likeness (QED) is 0.0199. The Morgan fingerprint density at radius 1 is 0.376 bits per heavy atom. The van der Waals surface area contributed by atoms with Gasteiger partial charge in [0.1, 0.15) is 73.2 Å². The first-order valence-corrected chi connectivity index (χ1v) is 38.1. The average Bonchev–Trinajstić information content (AvgIpc) is 1.00. The zero-order valence-electron chi connectivity index (χ0n) is 58.3. The lowest BCUT2D eigenvalue weighted by atomic mass is 9.96. The molecule has 0 aromatic carbocycles. The smallest absolute Gasteiger partial charge is 0.220 e. The lowest BCUT2D eigenvalue weighted by molar-refractivity contribution is -0.379. The lowest BCUT2D eigenvalue weighted by Crippen LogP contribution is -2.66. The third-order valence-electron chi connectivity index (χ3n) is 19.2. The Kier molecular flexibility index (Phi) is 51.5. The molecule has 3 heterocycles. The van der Waals surface area contributed by atoms with Crippen LogP contribution in [0.3, 0.4) is 0 Å². The van der Waals surface area contributed by atoms with Gasteiger partial charge in [0, 0.05) is 6.42 Å². The van der Waals surface area contributed by atoms with E-state index in [4.69, 9.17) is 28.4 Å². The minimum absolute atomic E-state index is 0.248. The van der Waals surface area contributed by atoms with E-state index in [-0.39, 0.29) is 18.9 Å². The van der Waals surface area contributed by atoms with E-state index in [0.717, 1.165) is 44.9 Å². The molecule has 0 saturated carbocycles. The van der Waals surface area contributed by atoms with Crippen LogP contribution in [0.2, 0.25) is 0 Å². The number of hydrogen-bond donors (Lipinski definition) is 12. The number of aliphatic hydroxyl groups is 11. The van der Waals surface area contributed by atoms with Gasteiger partial charge in [-0.25, -0.2) is 0 Å². The first-order valence-electron chi connectivity index (χ1n) is 38.1. The maximum absolute atomic E-state index is 13.4. The second-order valence-corrected chi connectivity index (χ2v) is 27.5. The van der Waals surface area contributed by atoms with Crippen LogP contribution >= 0.6 is 0 Å². The molecule has 3 saturated heterocycles. The predicted molar refractivity (Wildman–Crippen MR) is 365 cm³/mol. The molecule has 3 rings (SSSR count). The van der Waals surface area contributed by atoms with Gasteiger partial charge in [0.25, 0.3) is 0 Å². The molecular weight excluding hydrogens is 1190 g/mol. The SMILES string of the molecule is CCCCCCCCCC/C=C\CCCCCCCCCCCCCCCCCCCC(=O)NC(COC1OC(CO)C(OC2OC(CO)C(OC3OC(CO)C(O)C(O)C3O)C(O)C2O)C(O)C1O)C(O)/C=C/CCCCCCCCCCCCCCCCCCC. The summed E-state index contributed by atoms with van der Waals surface area (Å²) in [7, 11) is 0. The van der Waals surface area contributed by atoms with Crippen LogP contribution in [0.25, 0.3) is 0 Å². The zero-order chi connectivity index (χ0) is 67.5. The molecule has 0 bridgehead atoms. The van der Waals surface area contributed by atoms with Crippen LogP contribution in [-0.4, -0.2) is 193 Å². The second-order valence-electron chi connectivity index (χ2n) is 27.5. The highest BCUT2D eigenvalue weighted by molar-refractivity contribution is 5.76. The van der Waals surface area contributed by atoms with Crippen molar-refractivity contribution in [1.29, 1.82) is 0 Å². The Hall–Kier alpha value is -1.73. The topological polar surface area (TPSA) is 307 Å². The van der Waals surface area contributed by atoms with Crippen LogP contribution < -0.4 is 5.32 Å². The van der Waals surface area contributed by atoms with Crippen LogP contribution in [0.15, 0.2) is 24.3 Å². The summed E-state index contributed by atoms with van der Waals surface area (Å²) in [6.45, 7) is 1.78. The summed E-state index contributed by atoms with van der Waals surface area (Å²) in [6, 6.07) is -0.971. The molecule has 93 heavy (non-hydrogen) atoms. The van der Waals surface area contributed by atoms with Gasteiger partial charge in [-0.2, -0.15) is 0 Å². The molecule has 0 spiro atoms. The molecular formula is C74H139NO18. The van der Waals surface area contributed by atoms with E-state index < -0.39 is 124 Å². The van der Waals surface area contributed by atoms with E-state index >= 15 is 0 Å². The third-order valence-corrected chi connectivity index (χ3v) is 19.2. The number of hydrogen-bond acceptors (Lipinski definition) is 18. The van der Waals surface area contributed by atoms with Crippen molar-refractivity contribution in [2.24, 2.45) is 0 Å². The summed E-state index contributed by atoms with van der Waals surface area (Å²) < 4.78 is 34.4. The highest BCUT2D eigenvalue weighted by atomic mass is 16.8. The van der Waals surface area contributed by atoms with Crippen LogP contribution in [-0.2, 0) is 33.2 Å². The van der Waals surface area contributed by atoms with Crippen molar-refractivity contribution in [3.8, 4) is 0 Å². The Balaban J connectivity index is 1.39. The van der Waals surface area contributed by atoms with Crippen molar-refractivity contribution in [2.45, 2.75) is 413 Å². The van der Waals surface area contributed by atoms with Crippen LogP contribution in [0.5, 0.6) is 0 Å². The second kappa shape index (κ2) is 56.1. The van der Waals surface area contributed by atoms with Crippen molar-refractivity contribution in [3.05, 3.63) is 24.3 Å². The van der Waals surface area contributed by atoms with Gasteiger partial charge in [0.05, 0.1) is 38.6 Å². The molecule has 12 N–H and O–H groups in total. The first kappa shape index (κ1) is 85.5. The Bertz CT molecular complexity index is 1780. The predicted octanol–water partition coefficient (Wildman–Crippen LogP) is 11.4. The number of nitrogens with one attached hydrogen (secondary N) is 1. The number of unbranched alkanes of at least 4 members (excludes halogenated alkanes) is 42. The van der Waals surface area contributed by atoms with Crippen molar-refractivity contribution in [1.82, 2.24) is 5.32 Å². The average molecular weight is 1330 g/mol. The van der Waals surface area contributed by atoms with Crippen molar-refractivity contribution < 1.29 is 89.4 Å². The number of ether oxygens (including phenoxy) is 6. The largest absolute Gasteiger partial charge is 0.394 e. The summed E-state index contributed by atoms with van der Waals surface area (Å²) in [5.74, 6) is -0.269. The molecule has 0 aromatic heterocycles. The number of allylic oxidation sites excluding steroid dienone is 3. The Labute approximate surface area is 562 Å². The van der Waals surface area contributed by atoms with Crippen LogP contribution in [0.1, 0.15) is 309 Å². The molecule has 3 fully saturated rings. The van der Waals surface area contributed by atoms with Crippen molar-refractivity contribution in [2.75, 3.05) is 26.4 Å². The highest BCUT2D eigenvalue weighted by Crippen LogP contribution is 2.33. The standard InChI is InChI=1S/C74H139NO18/c1-3-5-7-9-11-13-15-17-19-21-23-24-25-26-27-28-29-30-31-32-34-36-38-40-42-44-46-48-50-52-62(80)75-57(58(79)51-49-47-45-43-41-39-37-35-33-22-20-18-16-14-12-10-8-6-4-2)56-88-72-68(86)65(83)70(60(54-77)90-72)93-74-69(87)66(84)71(61(55-78)91-74)92-73-67(85)64(82)63(81)59(53-76)89-73/h21,23,49,51,57-61,63-74,76-79,81-87H,3-20,22,24-48,50,52-56H2,1-2H3,(H,75,80)/b23-21-,51-49+. The zero-order valence-corrected chi connectivity index (χ0v) is 58.3. The summed E-state index contributed by atoms with van der Waals surface area (Å²) in [4.78, 5) is 13.4. The van der Waals surface area contributed by atoms with Gasteiger partial charge in [0.2, 0.25) is 5.91 Å². The van der Waals surface area contributed by atoms with E-state index in [0.29, 0.717) is 6.42 Å². The fourth-order valence-electron chi connectivity index (χ4n) is 13.1. The maximum atomic E-state index is 13.4. The van der Waals surface area contributed by atoms with E-state index in [1.165, 1.54) is 238 Å². The maximum Gasteiger partial charge on any atom is 0.220 e. The summed E-state index contributed by atoms with van der Waals surface area (Å²) in [5.41, 5.74) is 0. The van der Waals surface area contributed by atoms with Crippen LogP contribution in [0.4, 0.5) is 0 Å². The molecule has 17 atom stereocenters. The van der Waals surface area contributed by atoms with Crippen LogP contribution in [0, 0.1) is 0 Å². The molecule has 0 radical (unpaired) electrons. The lowest BCUT2D eigenvalue weighted by Gasteiger charge is -2.48. The van der Waals surface area contributed by atoms with Gasteiger partial charge in [-0.15, -0.1) is 0 Å². The minimum atomic E-state index is -1.98. The van der Waals surface area contributed by atoms with E-state index in [1.54, 1.807) is 6.08 Å². The summed E-state index contributed by atoms with van der Waals surface area (Å²) in [6.07, 6.45) is 38.7. The van der Waals surface area contributed by atoms with Crippen molar-refractivity contribution in [3.63, 3.8) is 0 Å². The van der Waals surface area contributed by atoms with Gasteiger partial charge >= 0.3 is 0 Å². The molecule has 3 aliphatic rings. The molecule has 19 nitrogen and oxygen atoms in total. The molecule has 3 aliphatic heterocycles. The van der Waals surface area contributed by atoms with Gasteiger partial charge in [-0.05, 0) is 44.9 Å². The molecule has 0 aliphatic carbocycles. The van der Waals surface area contributed by atoms with Gasteiger partial charge in [-0.3, -0.25) is 4.79 Å². The highest BCUT2D eigenvalue weighted by Gasteiger charge is 2.53. The van der Waals surface area contributed by atoms with Gasteiger partial charge < -0.3 is 89.9 Å². The fraction of sp³-hybridized carbons (Fsp3) is 0.932. The van der Waals surface area contributed by atoms with Gasteiger partial charge in [-0.1, -0.05) is 282 Å². The monoisotopic (exact) mass is 1330 g/mol.